The van der Waals surface area contributed by atoms with Gasteiger partial charge < -0.3 is 9.64 Å². The van der Waals surface area contributed by atoms with Crippen molar-refractivity contribution in [1.82, 2.24) is 9.80 Å². The van der Waals surface area contributed by atoms with Crippen molar-refractivity contribution in [2.24, 2.45) is 0 Å². The Labute approximate surface area is 144 Å². The summed E-state index contributed by atoms with van der Waals surface area (Å²) >= 11 is 0. The van der Waals surface area contributed by atoms with Gasteiger partial charge in [0.2, 0.25) is 5.91 Å². The van der Waals surface area contributed by atoms with Crippen LogP contribution in [-0.4, -0.2) is 61.1 Å². The standard InChI is InChI=1S/C19H29FN2O2/c1-15-13-21(14-16(2)22(15)11-12-24-3)19(23)6-4-5-17-7-9-18(20)10-8-17/h7-10,15-16H,4-6,11-14H2,1-3H3. The first-order chi connectivity index (χ1) is 11.5. The Balaban J connectivity index is 1.77. The van der Waals surface area contributed by atoms with Crippen LogP contribution in [0.1, 0.15) is 32.3 Å². The van der Waals surface area contributed by atoms with E-state index in [9.17, 15) is 9.18 Å². The molecule has 1 aromatic rings. The number of benzene rings is 1. The molecule has 0 saturated carbocycles. The molecule has 0 bridgehead atoms. The summed E-state index contributed by atoms with van der Waals surface area (Å²) < 4.78 is 18.1. The zero-order valence-electron chi connectivity index (χ0n) is 15.0. The Morgan fingerprint density at radius 1 is 1.21 bits per heavy atom. The molecule has 0 radical (unpaired) electrons. The molecular weight excluding hydrogens is 307 g/mol. The molecule has 134 valence electrons. The first-order valence-electron chi connectivity index (χ1n) is 8.78. The number of methoxy groups -OCH3 is 1. The van der Waals surface area contributed by atoms with Gasteiger partial charge in [-0.25, -0.2) is 4.39 Å². The van der Waals surface area contributed by atoms with Crippen molar-refractivity contribution < 1.29 is 13.9 Å². The topological polar surface area (TPSA) is 32.8 Å². The Bertz CT molecular complexity index is 509. The lowest BCUT2D eigenvalue weighted by Crippen LogP contribution is -2.58. The lowest BCUT2D eigenvalue weighted by atomic mass is 10.1. The van der Waals surface area contributed by atoms with Gasteiger partial charge >= 0.3 is 0 Å². The molecule has 5 heteroatoms. The molecule has 24 heavy (non-hydrogen) atoms. The molecule has 0 aliphatic carbocycles. The van der Waals surface area contributed by atoms with Crippen molar-refractivity contribution in [3.63, 3.8) is 0 Å². The van der Waals surface area contributed by atoms with Crippen LogP contribution < -0.4 is 0 Å². The highest BCUT2D eigenvalue weighted by Crippen LogP contribution is 2.17. The summed E-state index contributed by atoms with van der Waals surface area (Å²) in [5.74, 6) is 0.00588. The molecule has 2 rings (SSSR count). The van der Waals surface area contributed by atoms with Crippen molar-refractivity contribution >= 4 is 5.91 Å². The van der Waals surface area contributed by atoms with Gasteiger partial charge in [0.15, 0.2) is 0 Å². The minimum absolute atomic E-state index is 0.218. The summed E-state index contributed by atoms with van der Waals surface area (Å²) in [7, 11) is 1.72. The molecular formula is C19H29FN2O2. The summed E-state index contributed by atoms with van der Waals surface area (Å²) in [6, 6.07) is 7.23. The number of ether oxygens (including phenoxy) is 1. The summed E-state index contributed by atoms with van der Waals surface area (Å²) in [4.78, 5) is 16.9. The van der Waals surface area contributed by atoms with E-state index in [1.807, 2.05) is 4.90 Å². The van der Waals surface area contributed by atoms with Crippen LogP contribution in [0.4, 0.5) is 4.39 Å². The molecule has 2 unspecified atom stereocenters. The molecule has 1 aromatic carbocycles. The highest BCUT2D eigenvalue weighted by Gasteiger charge is 2.30. The Morgan fingerprint density at radius 3 is 2.42 bits per heavy atom. The monoisotopic (exact) mass is 336 g/mol. The number of rotatable bonds is 7. The molecule has 4 nitrogen and oxygen atoms in total. The van der Waals surface area contributed by atoms with Gasteiger partial charge in [-0.3, -0.25) is 9.69 Å². The van der Waals surface area contributed by atoms with Crippen molar-refractivity contribution in [3.8, 4) is 0 Å². The minimum Gasteiger partial charge on any atom is -0.383 e. The van der Waals surface area contributed by atoms with Crippen molar-refractivity contribution in [3.05, 3.63) is 35.6 Å². The van der Waals surface area contributed by atoms with Crippen molar-refractivity contribution in [2.75, 3.05) is 33.4 Å². The summed E-state index contributed by atoms with van der Waals surface area (Å²) in [6.07, 6.45) is 2.16. The average molecular weight is 336 g/mol. The Morgan fingerprint density at radius 2 is 1.83 bits per heavy atom. The number of nitrogens with zero attached hydrogens (tertiary/aromatic N) is 2. The van der Waals surface area contributed by atoms with Crippen LogP contribution in [0.25, 0.3) is 0 Å². The second-order valence-corrected chi connectivity index (χ2v) is 6.71. The van der Waals surface area contributed by atoms with E-state index in [0.29, 0.717) is 18.5 Å². The maximum Gasteiger partial charge on any atom is 0.222 e. The summed E-state index contributed by atoms with van der Waals surface area (Å²) in [6.45, 7) is 7.53. The van der Waals surface area contributed by atoms with E-state index < -0.39 is 0 Å². The van der Waals surface area contributed by atoms with Crippen LogP contribution in [0.3, 0.4) is 0 Å². The molecule has 0 aromatic heterocycles. The fourth-order valence-corrected chi connectivity index (χ4v) is 3.45. The molecule has 1 amide bonds. The van der Waals surface area contributed by atoms with Crippen molar-refractivity contribution in [1.29, 1.82) is 0 Å². The number of amides is 1. The predicted molar refractivity (Wildman–Crippen MR) is 93.4 cm³/mol. The van der Waals surface area contributed by atoms with Crippen LogP contribution in [0, 0.1) is 5.82 Å². The first kappa shape index (κ1) is 18.9. The molecule has 1 heterocycles. The number of hydrogen-bond donors (Lipinski definition) is 0. The third-order valence-corrected chi connectivity index (χ3v) is 4.78. The molecule has 1 fully saturated rings. The highest BCUT2D eigenvalue weighted by atomic mass is 19.1. The van der Waals surface area contributed by atoms with E-state index in [0.717, 1.165) is 44.6 Å². The molecule has 1 saturated heterocycles. The second-order valence-electron chi connectivity index (χ2n) is 6.71. The fraction of sp³-hybridized carbons (Fsp3) is 0.632. The van der Waals surface area contributed by atoms with Gasteiger partial charge in [-0.05, 0) is 44.4 Å². The van der Waals surface area contributed by atoms with E-state index in [1.54, 1.807) is 19.2 Å². The summed E-state index contributed by atoms with van der Waals surface area (Å²) in [5, 5.41) is 0. The number of hydrogen-bond acceptors (Lipinski definition) is 3. The zero-order chi connectivity index (χ0) is 17.5. The van der Waals surface area contributed by atoms with E-state index >= 15 is 0 Å². The predicted octanol–water partition coefficient (Wildman–Crippen LogP) is 2.72. The SMILES string of the molecule is COCCN1C(C)CN(C(=O)CCCc2ccc(F)cc2)CC1C. The largest absolute Gasteiger partial charge is 0.383 e. The Hall–Kier alpha value is -1.46. The fourth-order valence-electron chi connectivity index (χ4n) is 3.45. The maximum absolute atomic E-state index is 12.9. The maximum atomic E-state index is 12.9. The van der Waals surface area contributed by atoms with Crippen LogP contribution in [0.2, 0.25) is 0 Å². The quantitative estimate of drug-likeness (QED) is 0.767. The molecule has 2 atom stereocenters. The molecule has 1 aliphatic rings. The van der Waals surface area contributed by atoms with Gasteiger partial charge in [-0.1, -0.05) is 12.1 Å². The van der Waals surface area contributed by atoms with E-state index in [2.05, 4.69) is 18.7 Å². The molecule has 0 N–H and O–H groups in total. The van der Waals surface area contributed by atoms with Gasteiger partial charge in [-0.2, -0.15) is 0 Å². The Kier molecular flexibility index (Phi) is 7.18. The van der Waals surface area contributed by atoms with Crippen LogP contribution in [0.15, 0.2) is 24.3 Å². The smallest absolute Gasteiger partial charge is 0.222 e. The number of carbonyl (C=O) groups is 1. The van der Waals surface area contributed by atoms with E-state index in [-0.39, 0.29) is 11.7 Å². The third kappa shape index (κ3) is 5.28. The second kappa shape index (κ2) is 9.14. The van der Waals surface area contributed by atoms with Gasteiger partial charge in [0, 0.05) is 45.2 Å². The van der Waals surface area contributed by atoms with Gasteiger partial charge in [0.25, 0.3) is 0 Å². The van der Waals surface area contributed by atoms with Crippen molar-refractivity contribution in [2.45, 2.75) is 45.2 Å². The number of piperazine rings is 1. The lowest BCUT2D eigenvalue weighted by molar-refractivity contribution is -0.135. The van der Waals surface area contributed by atoms with E-state index in [1.165, 1.54) is 12.1 Å². The number of carbonyl (C=O) groups excluding carboxylic acids is 1. The third-order valence-electron chi connectivity index (χ3n) is 4.78. The van der Waals surface area contributed by atoms with Gasteiger partial charge in [0.1, 0.15) is 5.82 Å². The number of halogens is 1. The van der Waals surface area contributed by atoms with Gasteiger partial charge in [0.05, 0.1) is 6.61 Å². The minimum atomic E-state index is -0.218. The average Bonchev–Trinajstić information content (AvgIpc) is 2.55. The zero-order valence-corrected chi connectivity index (χ0v) is 15.0. The van der Waals surface area contributed by atoms with Crippen LogP contribution in [-0.2, 0) is 16.0 Å². The first-order valence-corrected chi connectivity index (χ1v) is 8.78. The normalized spacial score (nSPS) is 21.9. The van der Waals surface area contributed by atoms with Crippen LogP contribution in [0.5, 0.6) is 0 Å². The number of aryl methyl sites for hydroxylation is 1. The van der Waals surface area contributed by atoms with E-state index in [4.69, 9.17) is 4.74 Å². The van der Waals surface area contributed by atoms with Gasteiger partial charge in [-0.15, -0.1) is 0 Å². The summed E-state index contributed by atoms with van der Waals surface area (Å²) in [5.41, 5.74) is 1.08. The molecule has 1 aliphatic heterocycles. The molecule has 0 spiro atoms. The van der Waals surface area contributed by atoms with Crippen LogP contribution >= 0.6 is 0 Å². The lowest BCUT2D eigenvalue weighted by Gasteiger charge is -2.44. The highest BCUT2D eigenvalue weighted by molar-refractivity contribution is 5.76.